The van der Waals surface area contributed by atoms with Crippen LogP contribution in [0.5, 0.6) is 0 Å². The summed E-state index contributed by atoms with van der Waals surface area (Å²) in [6.07, 6.45) is 0.813. The molecule has 5 N–H and O–H groups in total. The molecule has 0 rings (SSSR count). The van der Waals surface area contributed by atoms with Crippen molar-refractivity contribution in [1.82, 2.24) is 10.6 Å². The molecular weight excluding hydrogens is 274 g/mol. The van der Waals surface area contributed by atoms with Crippen molar-refractivity contribution < 1.29 is 24.2 Å². The average molecular weight is 293 g/mol. The van der Waals surface area contributed by atoms with Gasteiger partial charge in [0.05, 0.1) is 13.7 Å². The zero-order valence-corrected chi connectivity index (χ0v) is 11.7. The van der Waals surface area contributed by atoms with Crippen LogP contribution in [0.15, 0.2) is 0 Å². The monoisotopic (exact) mass is 293 g/mol. The first kappa shape index (κ1) is 17.5. The minimum atomic E-state index is -1.44. The third-order valence-corrected chi connectivity index (χ3v) is 2.83. The molecule has 3 amide bonds. The Morgan fingerprint density at radius 3 is 2.53 bits per heavy atom. The van der Waals surface area contributed by atoms with Gasteiger partial charge in [-0.1, -0.05) is 0 Å². The molecule has 2 atom stereocenters. The number of rotatable bonds is 8. The van der Waals surface area contributed by atoms with Gasteiger partial charge in [0, 0.05) is 0 Å². The highest BCUT2D eigenvalue weighted by atomic mass is 32.2. The van der Waals surface area contributed by atoms with Gasteiger partial charge >= 0.3 is 12.0 Å². The number of ether oxygens (including phenoxy) is 1. The van der Waals surface area contributed by atoms with Crippen molar-refractivity contribution in [3.05, 3.63) is 0 Å². The third-order valence-electron chi connectivity index (χ3n) is 2.19. The van der Waals surface area contributed by atoms with Crippen LogP contribution in [0.1, 0.15) is 6.42 Å². The largest absolute Gasteiger partial charge is 0.467 e. The Hall–Kier alpha value is -1.48. The second-order valence-corrected chi connectivity index (χ2v) is 4.61. The molecule has 0 aromatic carbocycles. The number of hydrogen-bond donors (Lipinski definition) is 4. The highest BCUT2D eigenvalue weighted by Gasteiger charge is 2.22. The van der Waals surface area contributed by atoms with Gasteiger partial charge in [-0.05, 0) is 18.4 Å². The van der Waals surface area contributed by atoms with Crippen molar-refractivity contribution in [3.63, 3.8) is 0 Å². The fourth-order valence-corrected chi connectivity index (χ4v) is 1.69. The Balaban J connectivity index is 4.30. The lowest BCUT2D eigenvalue weighted by Crippen LogP contribution is -2.50. The summed E-state index contributed by atoms with van der Waals surface area (Å²) in [7, 11) is 1.13. The van der Waals surface area contributed by atoms with Crippen LogP contribution in [-0.2, 0) is 14.3 Å². The summed E-state index contributed by atoms with van der Waals surface area (Å²) in [5.74, 6) is -0.711. The molecule has 0 radical (unpaired) electrons. The molecule has 2 unspecified atom stereocenters. The zero-order chi connectivity index (χ0) is 14.8. The fourth-order valence-electron chi connectivity index (χ4n) is 1.22. The molecule has 0 bridgehead atoms. The molecule has 0 fully saturated rings. The van der Waals surface area contributed by atoms with Crippen LogP contribution in [0, 0.1) is 0 Å². The molecule has 0 aliphatic carbocycles. The van der Waals surface area contributed by atoms with E-state index in [4.69, 9.17) is 5.73 Å². The smallest absolute Gasteiger partial charge is 0.336 e. The first-order chi connectivity index (χ1) is 8.92. The number of primary amides is 1. The maximum Gasteiger partial charge on any atom is 0.336 e. The van der Waals surface area contributed by atoms with Gasteiger partial charge in [0.1, 0.15) is 6.04 Å². The van der Waals surface area contributed by atoms with E-state index in [1.54, 1.807) is 0 Å². The molecule has 9 heteroatoms. The van der Waals surface area contributed by atoms with E-state index < -0.39 is 30.1 Å². The van der Waals surface area contributed by atoms with Gasteiger partial charge in [-0.3, -0.25) is 4.79 Å². The summed E-state index contributed by atoms with van der Waals surface area (Å²) in [5, 5.41) is 13.9. The second kappa shape index (κ2) is 9.45. The number of thioether (sulfide) groups is 1. The number of nitrogens with two attached hydrogens (primary N) is 1. The van der Waals surface area contributed by atoms with Crippen LogP contribution < -0.4 is 16.4 Å². The number of methoxy groups -OCH3 is 1. The molecule has 0 saturated carbocycles. The minimum Gasteiger partial charge on any atom is -0.467 e. The third kappa shape index (κ3) is 7.52. The van der Waals surface area contributed by atoms with Crippen LogP contribution in [0.25, 0.3) is 0 Å². The lowest BCUT2D eigenvalue weighted by atomic mass is 10.2. The number of carbonyl (C=O) groups is 3. The standard InChI is InChI=1S/C10H19N3O5S/c1-18-9(16)7(14)5-12-8(15)6(3-4-19-2)13-10(11)17/h6-7,14H,3-5H2,1-2H3,(H,12,15)(H3,11,13,17). The summed E-state index contributed by atoms with van der Waals surface area (Å²) in [4.78, 5) is 33.4. The summed E-state index contributed by atoms with van der Waals surface area (Å²) >= 11 is 1.51. The Morgan fingerprint density at radius 2 is 2.05 bits per heavy atom. The van der Waals surface area contributed by atoms with E-state index in [9.17, 15) is 19.5 Å². The molecule has 110 valence electrons. The molecule has 0 heterocycles. The second-order valence-electron chi connectivity index (χ2n) is 3.63. The van der Waals surface area contributed by atoms with Crippen molar-refractivity contribution in [2.75, 3.05) is 25.7 Å². The molecule has 0 aliphatic heterocycles. The maximum atomic E-state index is 11.7. The van der Waals surface area contributed by atoms with E-state index in [1.807, 2.05) is 6.26 Å². The topological polar surface area (TPSA) is 131 Å². The van der Waals surface area contributed by atoms with Crippen LogP contribution in [0.2, 0.25) is 0 Å². The number of hydrogen-bond acceptors (Lipinski definition) is 6. The Morgan fingerprint density at radius 1 is 1.42 bits per heavy atom. The van der Waals surface area contributed by atoms with Gasteiger partial charge in [0.15, 0.2) is 6.10 Å². The zero-order valence-electron chi connectivity index (χ0n) is 10.8. The van der Waals surface area contributed by atoms with Crippen molar-refractivity contribution in [2.24, 2.45) is 5.73 Å². The number of esters is 1. The van der Waals surface area contributed by atoms with E-state index >= 15 is 0 Å². The Kier molecular flexibility index (Phi) is 8.71. The van der Waals surface area contributed by atoms with Crippen molar-refractivity contribution >= 4 is 29.7 Å². The van der Waals surface area contributed by atoms with Gasteiger partial charge in [-0.15, -0.1) is 0 Å². The summed E-state index contributed by atoms with van der Waals surface area (Å²) in [6.45, 7) is -0.290. The van der Waals surface area contributed by atoms with Gasteiger partial charge in [0.25, 0.3) is 0 Å². The van der Waals surface area contributed by atoms with Crippen LogP contribution in [0.4, 0.5) is 4.79 Å². The lowest BCUT2D eigenvalue weighted by Gasteiger charge is -2.17. The maximum absolute atomic E-state index is 11.7. The fraction of sp³-hybridized carbons (Fsp3) is 0.700. The van der Waals surface area contributed by atoms with E-state index in [0.29, 0.717) is 12.2 Å². The first-order valence-electron chi connectivity index (χ1n) is 5.50. The summed E-state index contributed by atoms with van der Waals surface area (Å²) in [6, 6.07) is -1.61. The SMILES string of the molecule is COC(=O)C(O)CNC(=O)C(CCSC)NC(N)=O. The van der Waals surface area contributed by atoms with Gasteiger partial charge in [-0.2, -0.15) is 11.8 Å². The van der Waals surface area contributed by atoms with Gasteiger partial charge in [-0.25, -0.2) is 9.59 Å². The lowest BCUT2D eigenvalue weighted by molar-refractivity contribution is -0.150. The average Bonchev–Trinajstić information content (AvgIpc) is 2.38. The van der Waals surface area contributed by atoms with Crippen LogP contribution in [-0.4, -0.2) is 60.8 Å². The summed E-state index contributed by atoms with van der Waals surface area (Å²) < 4.78 is 4.30. The number of amides is 3. The number of carbonyl (C=O) groups excluding carboxylic acids is 3. The van der Waals surface area contributed by atoms with E-state index in [1.165, 1.54) is 11.8 Å². The highest BCUT2D eigenvalue weighted by Crippen LogP contribution is 2.01. The molecule has 0 aromatic rings. The normalized spacial score (nSPS) is 13.2. The molecule has 0 saturated heterocycles. The number of urea groups is 1. The van der Waals surface area contributed by atoms with Crippen molar-refractivity contribution in [3.8, 4) is 0 Å². The van der Waals surface area contributed by atoms with Crippen molar-refractivity contribution in [1.29, 1.82) is 0 Å². The quantitative estimate of drug-likeness (QED) is 0.400. The van der Waals surface area contributed by atoms with Gasteiger partial charge < -0.3 is 26.2 Å². The minimum absolute atomic E-state index is 0.290. The number of aliphatic hydroxyl groups excluding tert-OH is 1. The molecule has 0 spiro atoms. The van der Waals surface area contributed by atoms with Crippen LogP contribution in [0.3, 0.4) is 0 Å². The Bertz CT molecular complexity index is 326. The van der Waals surface area contributed by atoms with E-state index in [2.05, 4.69) is 15.4 Å². The van der Waals surface area contributed by atoms with Crippen molar-refractivity contribution in [2.45, 2.75) is 18.6 Å². The number of nitrogens with one attached hydrogen (secondary N) is 2. The number of aliphatic hydroxyl groups is 1. The highest BCUT2D eigenvalue weighted by molar-refractivity contribution is 7.98. The van der Waals surface area contributed by atoms with E-state index in [-0.39, 0.29) is 6.54 Å². The summed E-state index contributed by atoms with van der Waals surface area (Å²) in [5.41, 5.74) is 4.97. The van der Waals surface area contributed by atoms with Gasteiger partial charge in [0.2, 0.25) is 5.91 Å². The Labute approximate surface area is 115 Å². The first-order valence-corrected chi connectivity index (χ1v) is 6.90. The predicted molar refractivity (Wildman–Crippen MR) is 70.5 cm³/mol. The molecular formula is C10H19N3O5S. The molecule has 19 heavy (non-hydrogen) atoms. The predicted octanol–water partition coefficient (Wildman–Crippen LogP) is -1.57. The molecule has 0 aliphatic rings. The molecule has 0 aromatic heterocycles. The van der Waals surface area contributed by atoms with Crippen LogP contribution >= 0.6 is 11.8 Å². The van der Waals surface area contributed by atoms with E-state index in [0.717, 1.165) is 7.11 Å². The molecule has 8 nitrogen and oxygen atoms in total.